The van der Waals surface area contributed by atoms with Crippen molar-refractivity contribution in [1.29, 1.82) is 0 Å². The monoisotopic (exact) mass is 547 g/mol. The summed E-state index contributed by atoms with van der Waals surface area (Å²) in [5, 5.41) is 5.92. The van der Waals surface area contributed by atoms with Crippen molar-refractivity contribution in [1.82, 2.24) is 20.1 Å². The quantitative estimate of drug-likeness (QED) is 0.163. The van der Waals surface area contributed by atoms with E-state index in [0.29, 0.717) is 48.3 Å². The van der Waals surface area contributed by atoms with Gasteiger partial charge in [0.1, 0.15) is 0 Å². The third-order valence-corrected chi connectivity index (χ3v) is 6.75. The molecular formula is C29H33N5O6. The van der Waals surface area contributed by atoms with Crippen molar-refractivity contribution in [3.63, 3.8) is 0 Å². The number of para-hydroxylation sites is 1. The van der Waals surface area contributed by atoms with Crippen molar-refractivity contribution in [2.45, 2.75) is 32.7 Å². The number of H-pyrrole nitrogens is 1. The van der Waals surface area contributed by atoms with Gasteiger partial charge in [0, 0.05) is 55.8 Å². The fourth-order valence-electron chi connectivity index (χ4n) is 4.73. The Morgan fingerprint density at radius 1 is 1.02 bits per heavy atom. The summed E-state index contributed by atoms with van der Waals surface area (Å²) in [6.45, 7) is 5.05. The lowest BCUT2D eigenvalue weighted by molar-refractivity contribution is -0.143. The van der Waals surface area contributed by atoms with Crippen LogP contribution >= 0.6 is 0 Å². The van der Waals surface area contributed by atoms with Crippen LogP contribution in [-0.2, 0) is 14.3 Å². The Balaban J connectivity index is 1.37. The lowest BCUT2D eigenvalue weighted by Gasteiger charge is -2.39. The Morgan fingerprint density at radius 3 is 2.52 bits per heavy atom. The number of ketones is 1. The standard InChI is InChI=1S/C29H33N5O6/c1-3-40-24(35)13-8-14-30-29(39)32-23-12-7-11-21-22(17-31-25(21)23)26(36)28(38)34-16-15-33(18-19(34)2)27(37)20-9-5-4-6-10-20/h4-7,9-12,17,19,31H,3,8,13-16,18H2,1-2H3,(H2,30,32,39). The highest BCUT2D eigenvalue weighted by molar-refractivity contribution is 6.45. The molecule has 0 bridgehead atoms. The van der Waals surface area contributed by atoms with Gasteiger partial charge in [-0.25, -0.2) is 4.79 Å². The fraction of sp³-hybridized carbons (Fsp3) is 0.345. The number of hydrogen-bond acceptors (Lipinski definition) is 6. The molecule has 11 nitrogen and oxygen atoms in total. The van der Waals surface area contributed by atoms with Crippen molar-refractivity contribution < 1.29 is 28.7 Å². The molecule has 3 N–H and O–H groups in total. The highest BCUT2D eigenvalue weighted by Crippen LogP contribution is 2.27. The zero-order chi connectivity index (χ0) is 28.6. The normalized spacial score (nSPS) is 15.0. The first-order valence-electron chi connectivity index (χ1n) is 13.3. The summed E-state index contributed by atoms with van der Waals surface area (Å²) in [4.78, 5) is 69.3. The van der Waals surface area contributed by atoms with Crippen LogP contribution < -0.4 is 10.6 Å². The number of carbonyl (C=O) groups is 5. The van der Waals surface area contributed by atoms with E-state index in [1.165, 1.54) is 11.1 Å². The lowest BCUT2D eigenvalue weighted by atomic mass is 10.1. The van der Waals surface area contributed by atoms with Gasteiger partial charge in [-0.1, -0.05) is 30.3 Å². The van der Waals surface area contributed by atoms with Crippen LogP contribution in [0, 0.1) is 0 Å². The fourth-order valence-corrected chi connectivity index (χ4v) is 4.73. The van der Waals surface area contributed by atoms with E-state index in [0.717, 1.165) is 0 Å². The molecule has 2 heterocycles. The van der Waals surface area contributed by atoms with Crippen LogP contribution in [0.3, 0.4) is 0 Å². The van der Waals surface area contributed by atoms with E-state index in [4.69, 9.17) is 4.74 Å². The number of amides is 4. The van der Waals surface area contributed by atoms with Gasteiger partial charge >= 0.3 is 12.0 Å². The molecule has 1 unspecified atom stereocenters. The average molecular weight is 548 g/mol. The lowest BCUT2D eigenvalue weighted by Crippen LogP contribution is -2.56. The number of fused-ring (bicyclic) bond motifs is 1. The Hall–Kier alpha value is -4.67. The molecule has 3 aromatic rings. The number of aromatic nitrogens is 1. The summed E-state index contributed by atoms with van der Waals surface area (Å²) in [5.41, 5.74) is 1.73. The van der Waals surface area contributed by atoms with Crippen LogP contribution in [0.5, 0.6) is 0 Å². The molecule has 1 atom stereocenters. The maximum atomic E-state index is 13.3. The number of anilines is 1. The van der Waals surface area contributed by atoms with E-state index in [-0.39, 0.29) is 43.0 Å². The first kappa shape index (κ1) is 28.3. The molecule has 1 aromatic heterocycles. The molecule has 2 aromatic carbocycles. The maximum absolute atomic E-state index is 13.3. The van der Waals surface area contributed by atoms with Crippen molar-refractivity contribution >= 4 is 46.2 Å². The number of nitrogens with zero attached hydrogens (tertiary/aromatic N) is 2. The van der Waals surface area contributed by atoms with Crippen LogP contribution in [0.25, 0.3) is 10.9 Å². The van der Waals surface area contributed by atoms with E-state index in [2.05, 4.69) is 15.6 Å². The largest absolute Gasteiger partial charge is 0.466 e. The first-order chi connectivity index (χ1) is 19.3. The number of ether oxygens (including phenoxy) is 1. The van der Waals surface area contributed by atoms with Gasteiger partial charge in [0.2, 0.25) is 0 Å². The number of hydrogen-bond donors (Lipinski definition) is 3. The van der Waals surface area contributed by atoms with Gasteiger partial charge in [0.15, 0.2) is 0 Å². The minimum absolute atomic E-state index is 0.106. The second-order valence-electron chi connectivity index (χ2n) is 9.51. The highest BCUT2D eigenvalue weighted by atomic mass is 16.5. The number of aromatic amines is 1. The Bertz CT molecular complexity index is 1400. The van der Waals surface area contributed by atoms with E-state index in [9.17, 15) is 24.0 Å². The molecule has 0 aliphatic carbocycles. The number of carbonyl (C=O) groups excluding carboxylic acids is 5. The number of nitrogens with one attached hydrogen (secondary N) is 3. The van der Waals surface area contributed by atoms with Crippen molar-refractivity contribution in [2.75, 3.05) is 38.1 Å². The van der Waals surface area contributed by atoms with Gasteiger partial charge in [-0.3, -0.25) is 19.2 Å². The molecule has 210 valence electrons. The van der Waals surface area contributed by atoms with Crippen LogP contribution in [0.1, 0.15) is 47.4 Å². The zero-order valence-electron chi connectivity index (χ0n) is 22.6. The highest BCUT2D eigenvalue weighted by Gasteiger charge is 2.34. The Morgan fingerprint density at radius 2 is 1.80 bits per heavy atom. The topological polar surface area (TPSA) is 141 Å². The Labute approximate surface area is 231 Å². The molecule has 40 heavy (non-hydrogen) atoms. The predicted octanol–water partition coefficient (Wildman–Crippen LogP) is 3.19. The van der Waals surface area contributed by atoms with Gasteiger partial charge in [-0.2, -0.15) is 0 Å². The van der Waals surface area contributed by atoms with Crippen molar-refractivity contribution in [3.05, 3.63) is 65.9 Å². The summed E-state index contributed by atoms with van der Waals surface area (Å²) in [6.07, 6.45) is 2.11. The van der Waals surface area contributed by atoms with Crippen molar-refractivity contribution in [3.8, 4) is 0 Å². The third kappa shape index (κ3) is 6.48. The first-order valence-corrected chi connectivity index (χ1v) is 13.3. The molecule has 1 saturated heterocycles. The van der Waals surface area contributed by atoms with Crippen molar-refractivity contribution in [2.24, 2.45) is 0 Å². The van der Waals surface area contributed by atoms with Crippen LogP contribution in [0.4, 0.5) is 10.5 Å². The molecule has 1 aliphatic rings. The SMILES string of the molecule is CCOC(=O)CCCNC(=O)Nc1cccc2c(C(=O)C(=O)N3CCN(C(=O)c4ccccc4)CC3C)c[nH]c12. The number of esters is 1. The molecule has 4 rings (SSSR count). The molecule has 1 aliphatic heterocycles. The summed E-state index contributed by atoms with van der Waals surface area (Å²) >= 11 is 0. The Kier molecular flexibility index (Phi) is 9.15. The van der Waals surface area contributed by atoms with Gasteiger partial charge in [-0.05, 0) is 38.5 Å². The van der Waals surface area contributed by atoms with Gasteiger partial charge in [0.05, 0.1) is 23.4 Å². The summed E-state index contributed by atoms with van der Waals surface area (Å²) < 4.78 is 4.86. The van der Waals surface area contributed by atoms with Crippen LogP contribution in [0.2, 0.25) is 0 Å². The number of Topliss-reactive ketones (excluding diaryl/α,β-unsaturated/α-hetero) is 1. The number of rotatable bonds is 9. The number of urea groups is 1. The summed E-state index contributed by atoms with van der Waals surface area (Å²) in [5.74, 6) is -1.73. The van der Waals surface area contributed by atoms with Gasteiger partial charge < -0.3 is 30.2 Å². The average Bonchev–Trinajstić information content (AvgIpc) is 3.40. The van der Waals surface area contributed by atoms with E-state index < -0.39 is 17.7 Å². The molecule has 4 amide bonds. The maximum Gasteiger partial charge on any atom is 0.319 e. The summed E-state index contributed by atoms with van der Waals surface area (Å²) in [6, 6.07) is 13.2. The van der Waals surface area contributed by atoms with Gasteiger partial charge in [0.25, 0.3) is 17.6 Å². The van der Waals surface area contributed by atoms with Crippen LogP contribution in [0.15, 0.2) is 54.7 Å². The number of piperazine rings is 1. The minimum atomic E-state index is -0.665. The second-order valence-corrected chi connectivity index (χ2v) is 9.51. The molecule has 0 spiro atoms. The van der Waals surface area contributed by atoms with E-state index in [1.54, 1.807) is 54.3 Å². The smallest absolute Gasteiger partial charge is 0.319 e. The molecule has 0 saturated carbocycles. The third-order valence-electron chi connectivity index (χ3n) is 6.75. The molecule has 0 radical (unpaired) electrons. The molecule has 11 heteroatoms. The van der Waals surface area contributed by atoms with E-state index >= 15 is 0 Å². The predicted molar refractivity (Wildman–Crippen MR) is 149 cm³/mol. The number of benzene rings is 2. The second kappa shape index (κ2) is 12.9. The van der Waals surface area contributed by atoms with E-state index in [1.807, 2.05) is 13.0 Å². The molecule has 1 fully saturated rings. The van der Waals surface area contributed by atoms with Gasteiger partial charge in [-0.15, -0.1) is 0 Å². The zero-order valence-corrected chi connectivity index (χ0v) is 22.6. The van der Waals surface area contributed by atoms with Crippen LogP contribution in [-0.4, -0.2) is 83.2 Å². The summed E-state index contributed by atoms with van der Waals surface area (Å²) in [7, 11) is 0. The molecular weight excluding hydrogens is 514 g/mol. The minimum Gasteiger partial charge on any atom is -0.466 e.